The minimum Gasteiger partial charge on any atom is -0.351 e. The smallest absolute Gasteiger partial charge is 0.345 e. The number of alkyl halides is 2. The number of carbonyl (C=O) groups excluding carboxylic acids is 1. The van der Waals surface area contributed by atoms with Crippen LogP contribution in [0.4, 0.5) is 14.6 Å². The van der Waals surface area contributed by atoms with Crippen molar-refractivity contribution in [2.75, 3.05) is 37.6 Å². The fourth-order valence-corrected chi connectivity index (χ4v) is 5.43. The first-order valence-corrected chi connectivity index (χ1v) is 13.9. The molecule has 4 aromatic rings. The maximum atomic E-state index is 13.3. The molecule has 1 N–H and O–H groups in total. The van der Waals surface area contributed by atoms with Gasteiger partial charge in [0.05, 0.1) is 34.1 Å². The molecule has 0 aromatic carbocycles. The summed E-state index contributed by atoms with van der Waals surface area (Å²) < 4.78 is 31.6. The number of halogens is 2. The average molecular weight is 556 g/mol. The number of nitrogens with zero attached hydrogens (tertiary/aromatic N) is 6. The molecular weight excluding hydrogens is 524 g/mol. The summed E-state index contributed by atoms with van der Waals surface area (Å²) in [5.41, 5.74) is 3.04. The maximum Gasteiger partial charge on any atom is 0.345 e. The number of aromatic nitrogens is 4. The van der Waals surface area contributed by atoms with Crippen molar-refractivity contribution in [2.45, 2.75) is 39.5 Å². The van der Waals surface area contributed by atoms with E-state index in [1.807, 2.05) is 34.7 Å². The molecule has 206 valence electrons. The van der Waals surface area contributed by atoms with Gasteiger partial charge in [-0.1, -0.05) is 19.9 Å². The summed E-state index contributed by atoms with van der Waals surface area (Å²) in [6, 6.07) is 9.46. The van der Waals surface area contributed by atoms with Gasteiger partial charge in [-0.05, 0) is 49.7 Å². The van der Waals surface area contributed by atoms with Crippen molar-refractivity contribution in [3.8, 4) is 21.8 Å². The predicted molar refractivity (Wildman–Crippen MR) is 147 cm³/mol. The summed E-state index contributed by atoms with van der Waals surface area (Å²) in [4.78, 5) is 28.0. The lowest BCUT2D eigenvalue weighted by Gasteiger charge is -2.39. The maximum absolute atomic E-state index is 13.3. The van der Waals surface area contributed by atoms with Crippen LogP contribution in [0.15, 0.2) is 48.1 Å². The van der Waals surface area contributed by atoms with Crippen LogP contribution >= 0.6 is 11.3 Å². The van der Waals surface area contributed by atoms with Crippen LogP contribution in [0.3, 0.4) is 0 Å². The van der Waals surface area contributed by atoms with Gasteiger partial charge in [0.1, 0.15) is 5.82 Å². The van der Waals surface area contributed by atoms with Gasteiger partial charge in [0.25, 0.3) is 5.91 Å². The monoisotopic (exact) mass is 555 g/mol. The predicted octanol–water partition coefficient (Wildman–Crippen LogP) is 4.41. The molecule has 9 nitrogen and oxygen atoms in total. The van der Waals surface area contributed by atoms with E-state index < -0.39 is 12.7 Å². The van der Waals surface area contributed by atoms with Gasteiger partial charge in [-0.3, -0.25) is 9.69 Å². The van der Waals surface area contributed by atoms with Gasteiger partial charge in [-0.2, -0.15) is 13.9 Å². The van der Waals surface area contributed by atoms with E-state index in [9.17, 15) is 13.6 Å². The molecule has 39 heavy (non-hydrogen) atoms. The largest absolute Gasteiger partial charge is 0.351 e. The molecule has 0 saturated carbocycles. The molecule has 1 aliphatic heterocycles. The standard InChI is InChI=1S/C27H31F2N7O2S/c1-4-34(5-2)17(3)13-30-26(37)18-11-22(32-24(12-18)35-15-19(16-35)38-27(28)29)20-14-31-36-9-8-21(33-25(20)36)23-7-6-10-39-23/h6-12,14,17,19,27H,4-5,13,15-16H2,1-3H3,(H,30,37). The van der Waals surface area contributed by atoms with E-state index in [1.165, 1.54) is 0 Å². The third-order valence-electron chi connectivity index (χ3n) is 6.95. The number of nitrogens with one attached hydrogen (secondary N) is 1. The Morgan fingerprint density at radius 1 is 1.21 bits per heavy atom. The molecule has 1 atom stereocenters. The summed E-state index contributed by atoms with van der Waals surface area (Å²) in [6.07, 6.45) is 2.93. The molecule has 1 amide bonds. The Kier molecular flexibility index (Phi) is 8.15. The molecule has 12 heteroatoms. The van der Waals surface area contributed by atoms with Gasteiger partial charge >= 0.3 is 6.61 Å². The summed E-state index contributed by atoms with van der Waals surface area (Å²) in [5.74, 6) is 0.279. The highest BCUT2D eigenvalue weighted by atomic mass is 32.1. The van der Waals surface area contributed by atoms with Crippen LogP contribution in [0.2, 0.25) is 0 Å². The Labute approximate surface area is 229 Å². The normalized spacial score (nSPS) is 14.8. The molecule has 5 rings (SSSR count). The third kappa shape index (κ3) is 5.92. The van der Waals surface area contributed by atoms with Crippen LogP contribution in [0, 0.1) is 0 Å². The van der Waals surface area contributed by atoms with E-state index >= 15 is 0 Å². The van der Waals surface area contributed by atoms with E-state index in [4.69, 9.17) is 9.97 Å². The molecule has 1 fully saturated rings. The van der Waals surface area contributed by atoms with Crippen molar-refractivity contribution in [3.63, 3.8) is 0 Å². The number of ether oxygens (including phenoxy) is 1. The zero-order chi connectivity index (χ0) is 27.5. The molecule has 0 bridgehead atoms. The highest BCUT2D eigenvalue weighted by Gasteiger charge is 2.32. The van der Waals surface area contributed by atoms with Crippen LogP contribution < -0.4 is 10.2 Å². The first-order valence-electron chi connectivity index (χ1n) is 13.0. The quantitative estimate of drug-likeness (QED) is 0.293. The van der Waals surface area contributed by atoms with Crippen molar-refractivity contribution < 1.29 is 18.3 Å². The number of carbonyl (C=O) groups is 1. The third-order valence-corrected chi connectivity index (χ3v) is 7.85. The number of likely N-dealkylation sites (N-methyl/N-ethyl adjacent to an activating group) is 1. The lowest BCUT2D eigenvalue weighted by Crippen LogP contribution is -2.53. The highest BCUT2D eigenvalue weighted by Crippen LogP contribution is 2.30. The number of hydrogen-bond acceptors (Lipinski definition) is 8. The van der Waals surface area contributed by atoms with Gasteiger partial charge in [0, 0.05) is 37.4 Å². The van der Waals surface area contributed by atoms with Gasteiger partial charge in [0.15, 0.2) is 5.65 Å². The first kappa shape index (κ1) is 27.1. The zero-order valence-corrected chi connectivity index (χ0v) is 22.9. The number of fused-ring (bicyclic) bond motifs is 1. The molecular formula is C27H31F2N7O2S. The van der Waals surface area contributed by atoms with E-state index in [1.54, 1.807) is 34.2 Å². The molecule has 1 aliphatic rings. The topological polar surface area (TPSA) is 87.9 Å². The Morgan fingerprint density at radius 2 is 2.00 bits per heavy atom. The summed E-state index contributed by atoms with van der Waals surface area (Å²) in [5, 5.41) is 9.47. The van der Waals surface area contributed by atoms with E-state index in [2.05, 4.69) is 40.8 Å². The van der Waals surface area contributed by atoms with Crippen molar-refractivity contribution in [1.29, 1.82) is 0 Å². The SMILES string of the molecule is CCN(CC)C(C)CNC(=O)c1cc(-c2cnn3ccc(-c4cccs4)nc23)nc(N2CC(OC(F)F)C2)c1. The number of thiophene rings is 1. The molecule has 0 spiro atoms. The van der Waals surface area contributed by atoms with E-state index in [0.717, 1.165) is 23.7 Å². The van der Waals surface area contributed by atoms with Gasteiger partial charge in [-0.15, -0.1) is 11.3 Å². The average Bonchev–Trinajstić information content (AvgIpc) is 3.59. The molecule has 1 saturated heterocycles. The van der Waals surface area contributed by atoms with Crippen LogP contribution in [0.25, 0.3) is 27.5 Å². The highest BCUT2D eigenvalue weighted by molar-refractivity contribution is 7.13. The van der Waals surface area contributed by atoms with Crippen LogP contribution in [0.1, 0.15) is 31.1 Å². The number of anilines is 1. The van der Waals surface area contributed by atoms with Crippen LogP contribution in [-0.4, -0.2) is 81.9 Å². The fourth-order valence-electron chi connectivity index (χ4n) is 4.73. The second kappa shape index (κ2) is 11.7. The lowest BCUT2D eigenvalue weighted by atomic mass is 10.1. The van der Waals surface area contributed by atoms with Crippen molar-refractivity contribution in [3.05, 3.63) is 53.7 Å². The van der Waals surface area contributed by atoms with Crippen molar-refractivity contribution in [1.82, 2.24) is 29.8 Å². The van der Waals surface area contributed by atoms with E-state index in [0.29, 0.717) is 34.8 Å². The Balaban J connectivity index is 1.47. The van der Waals surface area contributed by atoms with Gasteiger partial charge in [0.2, 0.25) is 0 Å². The molecule has 1 unspecified atom stereocenters. The van der Waals surface area contributed by atoms with Crippen LogP contribution in [0.5, 0.6) is 0 Å². The van der Waals surface area contributed by atoms with E-state index in [-0.39, 0.29) is 25.0 Å². The number of rotatable bonds is 11. The molecule has 0 aliphatic carbocycles. The number of hydrogen-bond donors (Lipinski definition) is 1. The second-order valence-corrected chi connectivity index (χ2v) is 10.4. The minimum absolute atomic E-state index is 0.173. The molecule has 5 heterocycles. The second-order valence-electron chi connectivity index (χ2n) is 9.42. The molecule has 0 radical (unpaired) electrons. The van der Waals surface area contributed by atoms with Crippen molar-refractivity contribution >= 4 is 28.7 Å². The number of pyridine rings is 1. The first-order chi connectivity index (χ1) is 18.9. The van der Waals surface area contributed by atoms with Crippen molar-refractivity contribution in [2.24, 2.45) is 0 Å². The minimum atomic E-state index is -2.83. The van der Waals surface area contributed by atoms with Gasteiger partial charge in [-0.25, -0.2) is 14.5 Å². The Hall–Kier alpha value is -3.48. The Bertz CT molecular complexity index is 1420. The fraction of sp³-hybridized carbons (Fsp3) is 0.407. The summed E-state index contributed by atoms with van der Waals surface area (Å²) in [6.45, 7) is 6.23. The summed E-state index contributed by atoms with van der Waals surface area (Å²) >= 11 is 1.59. The summed E-state index contributed by atoms with van der Waals surface area (Å²) in [7, 11) is 0. The zero-order valence-electron chi connectivity index (χ0n) is 22.1. The Morgan fingerprint density at radius 3 is 2.69 bits per heavy atom. The molecule has 4 aromatic heterocycles. The van der Waals surface area contributed by atoms with Crippen LogP contribution in [-0.2, 0) is 4.74 Å². The van der Waals surface area contributed by atoms with Gasteiger partial charge < -0.3 is 15.0 Å². The number of amides is 1. The lowest BCUT2D eigenvalue weighted by molar-refractivity contribution is -0.167.